The van der Waals surface area contributed by atoms with Crippen molar-refractivity contribution in [3.8, 4) is 6.07 Å². The fourth-order valence-electron chi connectivity index (χ4n) is 2.78. The van der Waals surface area contributed by atoms with E-state index in [1.165, 1.54) is 0 Å². The number of aliphatic hydroxyl groups is 1. The summed E-state index contributed by atoms with van der Waals surface area (Å²) in [5.41, 5.74) is 8.73. The maximum absolute atomic E-state index is 9.53. The van der Waals surface area contributed by atoms with E-state index >= 15 is 0 Å². The van der Waals surface area contributed by atoms with Crippen LogP contribution in [0.5, 0.6) is 0 Å². The third-order valence-electron chi connectivity index (χ3n) is 3.94. The van der Waals surface area contributed by atoms with Crippen LogP contribution in [0.25, 0.3) is 0 Å². The molecule has 0 spiro atoms. The normalized spacial score (nSPS) is 24.6. The minimum atomic E-state index is -0.167. The monoisotopic (exact) mass is 233 g/mol. The van der Waals surface area contributed by atoms with Crippen LogP contribution in [0.1, 0.15) is 48.5 Å². The van der Waals surface area contributed by atoms with Crippen LogP contribution in [0.15, 0.2) is 0 Å². The van der Waals surface area contributed by atoms with Crippen molar-refractivity contribution < 1.29 is 5.11 Å². The quantitative estimate of drug-likeness (QED) is 0.779. The van der Waals surface area contributed by atoms with E-state index in [9.17, 15) is 5.11 Å². The Balaban J connectivity index is 2.37. The van der Waals surface area contributed by atoms with Crippen molar-refractivity contribution in [3.63, 3.8) is 0 Å². The number of nitriles is 1. The summed E-state index contributed by atoms with van der Waals surface area (Å²) in [6.45, 7) is 3.95. The Kier molecular flexibility index (Phi) is 3.12. The molecule has 1 fully saturated rings. The molecule has 0 aliphatic heterocycles. The summed E-state index contributed by atoms with van der Waals surface area (Å²) in [4.78, 5) is 0. The molecular formula is C13H19N3O. The van der Waals surface area contributed by atoms with Crippen LogP contribution < -0.4 is 5.73 Å². The molecule has 3 N–H and O–H groups in total. The second kappa shape index (κ2) is 4.42. The van der Waals surface area contributed by atoms with Gasteiger partial charge >= 0.3 is 0 Å². The molecular weight excluding hydrogens is 214 g/mol. The van der Waals surface area contributed by atoms with Crippen molar-refractivity contribution in [2.24, 2.45) is 0 Å². The lowest BCUT2D eigenvalue weighted by molar-refractivity contribution is 0.111. The van der Waals surface area contributed by atoms with E-state index in [0.717, 1.165) is 36.9 Å². The summed E-state index contributed by atoms with van der Waals surface area (Å²) >= 11 is 0. The maximum atomic E-state index is 9.53. The molecule has 4 heteroatoms. The standard InChI is InChI=1S/C13H19N3O/c1-8-9(2)16(13(15)12(8)7-14)10-3-5-11(17)6-4-10/h10-11,17H,3-6,15H2,1-2H3. The molecule has 1 aromatic heterocycles. The van der Waals surface area contributed by atoms with Crippen LogP contribution >= 0.6 is 0 Å². The van der Waals surface area contributed by atoms with Gasteiger partial charge in [0.15, 0.2) is 0 Å². The average Bonchev–Trinajstić information content (AvgIpc) is 2.52. The van der Waals surface area contributed by atoms with Crippen LogP contribution in [0.4, 0.5) is 5.82 Å². The third-order valence-corrected chi connectivity index (χ3v) is 3.94. The predicted molar refractivity (Wildman–Crippen MR) is 66.5 cm³/mol. The highest BCUT2D eigenvalue weighted by Gasteiger charge is 2.25. The van der Waals surface area contributed by atoms with Crippen molar-refractivity contribution in [2.75, 3.05) is 5.73 Å². The van der Waals surface area contributed by atoms with Crippen molar-refractivity contribution in [1.29, 1.82) is 5.26 Å². The summed E-state index contributed by atoms with van der Waals surface area (Å²) in [5.74, 6) is 0.587. The number of hydrogen-bond acceptors (Lipinski definition) is 3. The van der Waals surface area contributed by atoms with Gasteiger partial charge in [0.25, 0.3) is 0 Å². The topological polar surface area (TPSA) is 75.0 Å². The van der Waals surface area contributed by atoms with Crippen LogP contribution in [-0.4, -0.2) is 15.8 Å². The Hall–Kier alpha value is -1.47. The van der Waals surface area contributed by atoms with Gasteiger partial charge in [-0.1, -0.05) is 0 Å². The summed E-state index contributed by atoms with van der Waals surface area (Å²) in [6, 6.07) is 2.51. The van der Waals surface area contributed by atoms with E-state index in [2.05, 4.69) is 10.6 Å². The summed E-state index contributed by atoms with van der Waals surface area (Å²) < 4.78 is 2.08. The first-order valence-electron chi connectivity index (χ1n) is 6.11. The Bertz CT molecular complexity index is 462. The van der Waals surface area contributed by atoms with Gasteiger partial charge in [-0.15, -0.1) is 0 Å². The summed E-state index contributed by atoms with van der Waals surface area (Å²) in [5, 5.41) is 18.6. The van der Waals surface area contributed by atoms with Gasteiger partial charge in [-0.05, 0) is 45.1 Å². The maximum Gasteiger partial charge on any atom is 0.122 e. The van der Waals surface area contributed by atoms with Gasteiger partial charge < -0.3 is 15.4 Å². The minimum absolute atomic E-state index is 0.167. The fraction of sp³-hybridized carbons (Fsp3) is 0.615. The van der Waals surface area contributed by atoms with Crippen molar-refractivity contribution in [1.82, 2.24) is 4.57 Å². The lowest BCUT2D eigenvalue weighted by atomic mass is 9.93. The second-order valence-electron chi connectivity index (χ2n) is 4.91. The molecule has 1 heterocycles. The van der Waals surface area contributed by atoms with Gasteiger partial charge in [0.2, 0.25) is 0 Å². The van der Waals surface area contributed by atoms with Gasteiger partial charge in [-0.3, -0.25) is 0 Å². The Morgan fingerprint density at radius 1 is 1.29 bits per heavy atom. The van der Waals surface area contributed by atoms with Gasteiger partial charge in [-0.2, -0.15) is 5.26 Å². The van der Waals surface area contributed by atoms with E-state index in [0.29, 0.717) is 17.4 Å². The molecule has 0 amide bonds. The Morgan fingerprint density at radius 2 is 1.88 bits per heavy atom. The number of anilines is 1. The first kappa shape index (κ1) is 12.0. The molecule has 0 atom stereocenters. The molecule has 1 saturated carbocycles. The van der Waals surface area contributed by atoms with Crippen LogP contribution in [0.2, 0.25) is 0 Å². The number of aromatic nitrogens is 1. The number of rotatable bonds is 1. The highest BCUT2D eigenvalue weighted by molar-refractivity contribution is 5.58. The van der Waals surface area contributed by atoms with Crippen molar-refractivity contribution in [2.45, 2.75) is 51.7 Å². The smallest absolute Gasteiger partial charge is 0.122 e. The lowest BCUT2D eigenvalue weighted by Crippen LogP contribution is -2.22. The highest BCUT2D eigenvalue weighted by Crippen LogP contribution is 2.35. The molecule has 1 aromatic rings. The molecule has 0 aromatic carbocycles. The minimum Gasteiger partial charge on any atom is -0.393 e. The van der Waals surface area contributed by atoms with E-state index in [1.54, 1.807) is 0 Å². The van der Waals surface area contributed by atoms with Gasteiger partial charge in [-0.25, -0.2) is 0 Å². The molecule has 0 saturated heterocycles. The van der Waals surface area contributed by atoms with Crippen molar-refractivity contribution >= 4 is 5.82 Å². The van der Waals surface area contributed by atoms with E-state index in [1.807, 2.05) is 13.8 Å². The largest absolute Gasteiger partial charge is 0.393 e. The van der Waals surface area contributed by atoms with Gasteiger partial charge in [0.1, 0.15) is 11.9 Å². The molecule has 2 rings (SSSR count). The van der Waals surface area contributed by atoms with Crippen LogP contribution in [0.3, 0.4) is 0 Å². The predicted octanol–water partition coefficient (Wildman–Crippen LogP) is 2.03. The molecule has 4 nitrogen and oxygen atoms in total. The molecule has 0 unspecified atom stereocenters. The van der Waals surface area contributed by atoms with Gasteiger partial charge in [0.05, 0.1) is 11.7 Å². The summed E-state index contributed by atoms with van der Waals surface area (Å²) in [6.07, 6.45) is 3.35. The molecule has 0 bridgehead atoms. The Morgan fingerprint density at radius 3 is 2.35 bits per heavy atom. The van der Waals surface area contributed by atoms with Crippen LogP contribution in [-0.2, 0) is 0 Å². The third kappa shape index (κ3) is 1.91. The average molecular weight is 233 g/mol. The number of aliphatic hydroxyl groups excluding tert-OH is 1. The number of nitrogens with two attached hydrogens (primary N) is 1. The van der Waals surface area contributed by atoms with Gasteiger partial charge in [0, 0.05) is 11.7 Å². The number of nitrogens with zero attached hydrogens (tertiary/aromatic N) is 2. The van der Waals surface area contributed by atoms with E-state index in [4.69, 9.17) is 11.0 Å². The molecule has 92 valence electrons. The van der Waals surface area contributed by atoms with E-state index in [-0.39, 0.29) is 6.10 Å². The van der Waals surface area contributed by atoms with Crippen LogP contribution in [0, 0.1) is 25.2 Å². The second-order valence-corrected chi connectivity index (χ2v) is 4.91. The zero-order chi connectivity index (χ0) is 12.6. The molecule has 17 heavy (non-hydrogen) atoms. The zero-order valence-electron chi connectivity index (χ0n) is 10.4. The zero-order valence-corrected chi connectivity index (χ0v) is 10.4. The highest BCUT2D eigenvalue weighted by atomic mass is 16.3. The fourth-order valence-corrected chi connectivity index (χ4v) is 2.78. The molecule has 0 radical (unpaired) electrons. The first-order chi connectivity index (χ1) is 8.06. The molecule has 1 aliphatic rings. The van der Waals surface area contributed by atoms with E-state index < -0.39 is 0 Å². The van der Waals surface area contributed by atoms with Crippen molar-refractivity contribution in [3.05, 3.63) is 16.8 Å². The first-order valence-corrected chi connectivity index (χ1v) is 6.11. The molecule has 1 aliphatic carbocycles. The SMILES string of the molecule is Cc1c(C#N)c(N)n(C2CCC(O)CC2)c1C. The number of nitrogen functional groups attached to an aromatic ring is 1. The Labute approximate surface area is 102 Å². The number of hydrogen-bond donors (Lipinski definition) is 2. The lowest BCUT2D eigenvalue weighted by Gasteiger charge is -2.28. The summed E-state index contributed by atoms with van der Waals surface area (Å²) in [7, 11) is 0.